The maximum atomic E-state index is 13.6. The van der Waals surface area contributed by atoms with E-state index in [2.05, 4.69) is 0 Å². The molecule has 1 rings (SSSR count). The van der Waals surface area contributed by atoms with Crippen LogP contribution in [-0.4, -0.2) is 26.1 Å². The average molecular weight is 240 g/mol. The van der Waals surface area contributed by atoms with Gasteiger partial charge in [-0.2, -0.15) is 0 Å². The van der Waals surface area contributed by atoms with Gasteiger partial charge < -0.3 is 9.47 Å². The Labute approximate surface area is 101 Å². The number of hydrogen-bond acceptors (Lipinski definition) is 3. The average Bonchev–Trinajstić information content (AvgIpc) is 2.35. The van der Waals surface area contributed by atoms with E-state index in [1.54, 1.807) is 13.2 Å². The Balaban J connectivity index is 2.69. The lowest BCUT2D eigenvalue weighted by molar-refractivity contribution is 0.0874. The van der Waals surface area contributed by atoms with Crippen LogP contribution >= 0.6 is 0 Å². The zero-order valence-corrected chi connectivity index (χ0v) is 10.3. The molecule has 0 bridgehead atoms. The molecule has 0 heterocycles. The second-order valence-corrected chi connectivity index (χ2v) is 3.85. The molecule has 0 aromatic heterocycles. The molecule has 0 saturated carbocycles. The summed E-state index contributed by atoms with van der Waals surface area (Å²) >= 11 is 0. The summed E-state index contributed by atoms with van der Waals surface area (Å²) in [4.78, 5) is 11.7. The Morgan fingerprint density at radius 3 is 2.65 bits per heavy atom. The fourth-order valence-corrected chi connectivity index (χ4v) is 1.44. The summed E-state index contributed by atoms with van der Waals surface area (Å²) < 4.78 is 23.5. The molecule has 0 spiro atoms. The number of rotatable bonds is 6. The molecule has 1 aromatic rings. The van der Waals surface area contributed by atoms with Crippen molar-refractivity contribution in [2.24, 2.45) is 0 Å². The number of ether oxygens (including phenoxy) is 2. The number of carbonyl (C=O) groups is 1. The predicted octanol–water partition coefficient (Wildman–Crippen LogP) is 2.83. The maximum absolute atomic E-state index is 13.6. The van der Waals surface area contributed by atoms with Crippen molar-refractivity contribution in [1.82, 2.24) is 0 Å². The molecule has 0 saturated heterocycles. The highest BCUT2D eigenvalue weighted by atomic mass is 19.1. The lowest BCUT2D eigenvalue weighted by Gasteiger charge is -2.09. The van der Waals surface area contributed by atoms with Crippen molar-refractivity contribution in [2.75, 3.05) is 14.2 Å². The van der Waals surface area contributed by atoms with E-state index in [0.717, 1.165) is 0 Å². The predicted molar refractivity (Wildman–Crippen MR) is 63.0 cm³/mol. The van der Waals surface area contributed by atoms with E-state index in [9.17, 15) is 9.18 Å². The first kappa shape index (κ1) is 13.6. The van der Waals surface area contributed by atoms with E-state index in [4.69, 9.17) is 9.47 Å². The Kier molecular flexibility index (Phi) is 5.10. The lowest BCUT2D eigenvalue weighted by Crippen LogP contribution is -2.09. The van der Waals surface area contributed by atoms with E-state index >= 15 is 0 Å². The van der Waals surface area contributed by atoms with Crippen molar-refractivity contribution < 1.29 is 18.7 Å². The van der Waals surface area contributed by atoms with Crippen LogP contribution in [0.3, 0.4) is 0 Å². The molecule has 0 N–H and O–H groups in total. The van der Waals surface area contributed by atoms with Crippen LogP contribution in [0.25, 0.3) is 0 Å². The normalized spacial score (nSPS) is 12.2. The van der Waals surface area contributed by atoms with Gasteiger partial charge in [0, 0.05) is 19.6 Å². The van der Waals surface area contributed by atoms with E-state index in [0.29, 0.717) is 12.2 Å². The van der Waals surface area contributed by atoms with Gasteiger partial charge in [-0.15, -0.1) is 0 Å². The molecule has 0 aliphatic carbocycles. The summed E-state index contributed by atoms with van der Waals surface area (Å²) in [5.41, 5.74) is 0.106. The van der Waals surface area contributed by atoms with Gasteiger partial charge in [0.15, 0.2) is 5.78 Å². The lowest BCUT2D eigenvalue weighted by atomic mass is 10.0. The van der Waals surface area contributed by atoms with Gasteiger partial charge in [0.2, 0.25) is 0 Å². The zero-order chi connectivity index (χ0) is 12.8. The molecule has 1 unspecified atom stereocenters. The Bertz CT molecular complexity index is 390. The van der Waals surface area contributed by atoms with Crippen LogP contribution in [0.5, 0.6) is 5.75 Å². The summed E-state index contributed by atoms with van der Waals surface area (Å²) in [5, 5.41) is 0. The van der Waals surface area contributed by atoms with Gasteiger partial charge in [0.05, 0.1) is 18.8 Å². The van der Waals surface area contributed by atoms with Crippen LogP contribution in [0.1, 0.15) is 30.1 Å². The highest BCUT2D eigenvalue weighted by Crippen LogP contribution is 2.18. The molecule has 0 aliphatic rings. The minimum absolute atomic E-state index is 0.000240. The van der Waals surface area contributed by atoms with Crippen molar-refractivity contribution in [2.45, 2.75) is 25.9 Å². The SMILES string of the molecule is COc1ccc(C(=O)CCC(C)OC)c(F)c1. The van der Waals surface area contributed by atoms with Gasteiger partial charge in [-0.25, -0.2) is 4.39 Å². The molecule has 4 heteroatoms. The molecule has 0 fully saturated rings. The number of methoxy groups -OCH3 is 2. The first-order valence-corrected chi connectivity index (χ1v) is 5.48. The quantitative estimate of drug-likeness (QED) is 0.717. The number of Topliss-reactive ketones (excluding diaryl/α,β-unsaturated/α-hetero) is 1. The topological polar surface area (TPSA) is 35.5 Å². The summed E-state index contributed by atoms with van der Waals surface area (Å²) in [6, 6.07) is 4.25. The first-order valence-electron chi connectivity index (χ1n) is 5.48. The number of carbonyl (C=O) groups excluding carboxylic acids is 1. The molecule has 17 heavy (non-hydrogen) atoms. The highest BCUT2D eigenvalue weighted by molar-refractivity contribution is 5.96. The molecule has 0 aliphatic heterocycles. The Morgan fingerprint density at radius 1 is 1.41 bits per heavy atom. The van der Waals surface area contributed by atoms with Crippen molar-refractivity contribution in [3.8, 4) is 5.75 Å². The van der Waals surface area contributed by atoms with Crippen LogP contribution in [0.4, 0.5) is 4.39 Å². The van der Waals surface area contributed by atoms with Crippen molar-refractivity contribution in [3.05, 3.63) is 29.6 Å². The van der Waals surface area contributed by atoms with Gasteiger partial charge in [-0.1, -0.05) is 0 Å². The van der Waals surface area contributed by atoms with E-state index in [1.165, 1.54) is 19.2 Å². The second-order valence-electron chi connectivity index (χ2n) is 3.85. The molecular weight excluding hydrogens is 223 g/mol. The zero-order valence-electron chi connectivity index (χ0n) is 10.3. The Morgan fingerprint density at radius 2 is 2.12 bits per heavy atom. The molecule has 1 aromatic carbocycles. The van der Waals surface area contributed by atoms with Gasteiger partial charge in [-0.3, -0.25) is 4.79 Å². The highest BCUT2D eigenvalue weighted by Gasteiger charge is 2.13. The van der Waals surface area contributed by atoms with Crippen molar-refractivity contribution in [3.63, 3.8) is 0 Å². The monoisotopic (exact) mass is 240 g/mol. The Hall–Kier alpha value is -1.42. The summed E-state index contributed by atoms with van der Waals surface area (Å²) in [6.45, 7) is 1.87. The van der Waals surface area contributed by atoms with E-state index in [-0.39, 0.29) is 23.9 Å². The summed E-state index contributed by atoms with van der Waals surface area (Å²) in [5.74, 6) is -0.349. The van der Waals surface area contributed by atoms with Crippen LogP contribution in [-0.2, 0) is 4.74 Å². The molecule has 0 amide bonds. The summed E-state index contributed by atoms with van der Waals surface area (Å²) in [6.07, 6.45) is 0.860. The van der Waals surface area contributed by atoms with E-state index in [1.807, 2.05) is 6.92 Å². The molecular formula is C13H17FO3. The van der Waals surface area contributed by atoms with Gasteiger partial charge in [0.25, 0.3) is 0 Å². The number of ketones is 1. The third-order valence-corrected chi connectivity index (χ3v) is 2.66. The van der Waals surface area contributed by atoms with Crippen LogP contribution in [0.2, 0.25) is 0 Å². The van der Waals surface area contributed by atoms with E-state index < -0.39 is 5.82 Å². The number of benzene rings is 1. The van der Waals surface area contributed by atoms with Gasteiger partial charge in [-0.05, 0) is 25.5 Å². The summed E-state index contributed by atoms with van der Waals surface area (Å²) in [7, 11) is 3.04. The fraction of sp³-hybridized carbons (Fsp3) is 0.462. The van der Waals surface area contributed by atoms with Crippen molar-refractivity contribution >= 4 is 5.78 Å². The molecule has 3 nitrogen and oxygen atoms in total. The number of halogens is 1. The molecule has 0 radical (unpaired) electrons. The third kappa shape index (κ3) is 3.82. The van der Waals surface area contributed by atoms with Gasteiger partial charge >= 0.3 is 0 Å². The second kappa shape index (κ2) is 6.35. The van der Waals surface area contributed by atoms with Crippen molar-refractivity contribution in [1.29, 1.82) is 0 Å². The molecule has 1 atom stereocenters. The standard InChI is InChI=1S/C13H17FO3/c1-9(16-2)4-7-13(15)11-6-5-10(17-3)8-12(11)14/h5-6,8-9H,4,7H2,1-3H3. The molecule has 94 valence electrons. The van der Waals surface area contributed by atoms with Gasteiger partial charge in [0.1, 0.15) is 11.6 Å². The number of hydrogen-bond donors (Lipinski definition) is 0. The third-order valence-electron chi connectivity index (χ3n) is 2.66. The largest absolute Gasteiger partial charge is 0.497 e. The maximum Gasteiger partial charge on any atom is 0.165 e. The van der Waals surface area contributed by atoms with Crippen LogP contribution in [0.15, 0.2) is 18.2 Å². The smallest absolute Gasteiger partial charge is 0.165 e. The minimum Gasteiger partial charge on any atom is -0.497 e. The van der Waals surface area contributed by atoms with Crippen LogP contribution < -0.4 is 4.74 Å². The minimum atomic E-state index is -0.542. The fourth-order valence-electron chi connectivity index (χ4n) is 1.44. The first-order chi connectivity index (χ1) is 8.08. The van der Waals surface area contributed by atoms with Crippen LogP contribution in [0, 0.1) is 5.82 Å².